The van der Waals surface area contributed by atoms with E-state index in [4.69, 9.17) is 4.74 Å². The molecule has 0 aliphatic heterocycles. The first-order valence-electron chi connectivity index (χ1n) is 8.88. The molecule has 6 nitrogen and oxygen atoms in total. The number of benzene rings is 1. The Balaban J connectivity index is 1.60. The van der Waals surface area contributed by atoms with E-state index in [-0.39, 0.29) is 18.1 Å². The van der Waals surface area contributed by atoms with E-state index in [1.165, 1.54) is 11.3 Å². The Morgan fingerprint density at radius 1 is 1.27 bits per heavy atom. The number of hydrogen-bond donors (Lipinski definition) is 1. The summed E-state index contributed by atoms with van der Waals surface area (Å²) >= 11 is 1.30. The molecule has 0 bridgehead atoms. The second-order valence-electron chi connectivity index (χ2n) is 6.05. The van der Waals surface area contributed by atoms with Gasteiger partial charge in [0.1, 0.15) is 0 Å². The zero-order valence-electron chi connectivity index (χ0n) is 15.8. The lowest BCUT2D eigenvalue weighted by Gasteiger charge is -2.08. The molecule has 0 saturated heterocycles. The van der Waals surface area contributed by atoms with Crippen LogP contribution in [0, 0.1) is 0 Å². The van der Waals surface area contributed by atoms with E-state index < -0.39 is 11.7 Å². The molecule has 0 unspecified atom stereocenters. The molecule has 0 atom stereocenters. The van der Waals surface area contributed by atoms with Gasteiger partial charge in [-0.3, -0.25) is 15.2 Å². The number of halogens is 3. The summed E-state index contributed by atoms with van der Waals surface area (Å²) in [6.07, 6.45) is -1.62. The highest BCUT2D eigenvalue weighted by Crippen LogP contribution is 2.31. The number of aromatic nitrogens is 2. The molecule has 0 amide bonds. The minimum atomic E-state index is -4.41. The molecule has 0 aliphatic carbocycles. The lowest BCUT2D eigenvalue weighted by molar-refractivity contribution is -0.142. The second kappa shape index (κ2) is 9.49. The first-order valence-corrected chi connectivity index (χ1v) is 9.76. The van der Waals surface area contributed by atoms with Crippen LogP contribution in [-0.2, 0) is 22.1 Å². The third kappa shape index (κ3) is 5.86. The van der Waals surface area contributed by atoms with E-state index in [1.54, 1.807) is 42.8 Å². The molecular weight excluding hydrogens is 417 g/mol. The van der Waals surface area contributed by atoms with Crippen LogP contribution in [0.3, 0.4) is 0 Å². The molecule has 3 aromatic rings. The SMILES string of the molecule is CCOC(=O)Cc1csc(NN=Cc2ccc(-c3cc(C(F)(F)F)ccn3)cc2)n1. The lowest BCUT2D eigenvalue weighted by Crippen LogP contribution is -2.07. The van der Waals surface area contributed by atoms with Crippen molar-refractivity contribution in [2.75, 3.05) is 12.0 Å². The largest absolute Gasteiger partial charge is 0.466 e. The van der Waals surface area contributed by atoms with Crippen LogP contribution in [0.2, 0.25) is 0 Å². The molecule has 3 rings (SSSR count). The van der Waals surface area contributed by atoms with Gasteiger partial charge in [-0.15, -0.1) is 11.3 Å². The predicted molar refractivity (Wildman–Crippen MR) is 108 cm³/mol. The van der Waals surface area contributed by atoms with Crippen LogP contribution >= 0.6 is 11.3 Å². The fourth-order valence-electron chi connectivity index (χ4n) is 2.47. The van der Waals surface area contributed by atoms with Gasteiger partial charge in [0.25, 0.3) is 0 Å². The van der Waals surface area contributed by atoms with Crippen LogP contribution in [-0.4, -0.2) is 28.8 Å². The summed E-state index contributed by atoms with van der Waals surface area (Å²) in [4.78, 5) is 19.7. The third-order valence-corrected chi connectivity index (χ3v) is 4.65. The molecule has 0 radical (unpaired) electrons. The van der Waals surface area contributed by atoms with Crippen molar-refractivity contribution < 1.29 is 22.7 Å². The molecule has 10 heteroatoms. The average molecular weight is 434 g/mol. The Morgan fingerprint density at radius 3 is 2.73 bits per heavy atom. The highest BCUT2D eigenvalue weighted by Gasteiger charge is 2.30. The van der Waals surface area contributed by atoms with Gasteiger partial charge in [0.05, 0.1) is 36.2 Å². The molecule has 0 spiro atoms. The number of ether oxygens (including phenoxy) is 1. The van der Waals surface area contributed by atoms with E-state index >= 15 is 0 Å². The number of carbonyl (C=O) groups is 1. The zero-order chi connectivity index (χ0) is 21.6. The third-order valence-electron chi connectivity index (χ3n) is 3.85. The van der Waals surface area contributed by atoms with Crippen molar-refractivity contribution in [1.29, 1.82) is 0 Å². The zero-order valence-corrected chi connectivity index (χ0v) is 16.6. The average Bonchev–Trinajstić information content (AvgIpc) is 3.15. The Kier molecular flexibility index (Phi) is 6.78. The number of thiazole rings is 1. The molecule has 2 aromatic heterocycles. The Labute approximate surface area is 174 Å². The number of anilines is 1. The van der Waals surface area contributed by atoms with Crippen molar-refractivity contribution in [3.63, 3.8) is 0 Å². The van der Waals surface area contributed by atoms with Gasteiger partial charge >= 0.3 is 12.1 Å². The number of hydrogen-bond acceptors (Lipinski definition) is 7. The standard InChI is InChI=1S/C20H17F3N4O2S/c1-2-29-18(28)10-16-12-30-19(26-16)27-25-11-13-3-5-14(6-4-13)17-9-15(7-8-24-17)20(21,22)23/h3-9,11-12H,2,10H2,1H3,(H,26,27). The van der Waals surface area contributed by atoms with E-state index in [9.17, 15) is 18.0 Å². The molecule has 0 fully saturated rings. The van der Waals surface area contributed by atoms with Crippen LogP contribution in [0.15, 0.2) is 53.1 Å². The smallest absolute Gasteiger partial charge is 0.416 e. The van der Waals surface area contributed by atoms with Crippen LogP contribution in [0.25, 0.3) is 11.3 Å². The van der Waals surface area contributed by atoms with Gasteiger partial charge < -0.3 is 4.74 Å². The van der Waals surface area contributed by atoms with E-state index in [1.807, 2.05) is 0 Å². The van der Waals surface area contributed by atoms with Gasteiger partial charge in [-0.2, -0.15) is 18.3 Å². The maximum absolute atomic E-state index is 12.8. The number of nitrogens with zero attached hydrogens (tertiary/aromatic N) is 3. The summed E-state index contributed by atoms with van der Waals surface area (Å²) < 4.78 is 43.4. The number of rotatable bonds is 7. The molecule has 1 aromatic carbocycles. The monoisotopic (exact) mass is 434 g/mol. The van der Waals surface area contributed by atoms with Crippen molar-refractivity contribution in [3.8, 4) is 11.3 Å². The first-order chi connectivity index (χ1) is 14.3. The van der Waals surface area contributed by atoms with Gasteiger partial charge in [0.15, 0.2) is 0 Å². The second-order valence-corrected chi connectivity index (χ2v) is 6.90. The number of esters is 1. The summed E-state index contributed by atoms with van der Waals surface area (Å²) in [6, 6.07) is 8.73. The minimum Gasteiger partial charge on any atom is -0.466 e. The van der Waals surface area contributed by atoms with E-state index in [2.05, 4.69) is 20.5 Å². The van der Waals surface area contributed by atoms with Crippen molar-refractivity contribution in [1.82, 2.24) is 9.97 Å². The van der Waals surface area contributed by atoms with E-state index in [0.717, 1.165) is 23.9 Å². The van der Waals surface area contributed by atoms with Crippen molar-refractivity contribution in [2.45, 2.75) is 19.5 Å². The van der Waals surface area contributed by atoms with Crippen molar-refractivity contribution >= 4 is 28.7 Å². The molecule has 156 valence electrons. The Morgan fingerprint density at radius 2 is 2.03 bits per heavy atom. The highest BCUT2D eigenvalue weighted by atomic mass is 32.1. The molecule has 30 heavy (non-hydrogen) atoms. The van der Waals surface area contributed by atoms with E-state index in [0.29, 0.717) is 23.0 Å². The van der Waals surface area contributed by atoms with Crippen LogP contribution in [0.1, 0.15) is 23.7 Å². The summed E-state index contributed by atoms with van der Waals surface area (Å²) in [6.45, 7) is 2.06. The van der Waals surface area contributed by atoms with Crippen LogP contribution in [0.5, 0.6) is 0 Å². The Hall–Kier alpha value is -3.27. The molecule has 2 heterocycles. The summed E-state index contributed by atoms with van der Waals surface area (Å²) in [5, 5.41) is 6.35. The quantitative estimate of drug-likeness (QED) is 0.329. The Bertz CT molecular complexity index is 1030. The van der Waals surface area contributed by atoms with Crippen LogP contribution < -0.4 is 5.43 Å². The number of carbonyl (C=O) groups excluding carboxylic acids is 1. The highest BCUT2D eigenvalue weighted by molar-refractivity contribution is 7.13. The normalized spacial score (nSPS) is 11.6. The summed E-state index contributed by atoms with van der Waals surface area (Å²) in [5.41, 5.74) is 4.17. The maximum atomic E-state index is 12.8. The fourth-order valence-corrected chi connectivity index (χ4v) is 3.13. The van der Waals surface area contributed by atoms with Crippen molar-refractivity contribution in [2.24, 2.45) is 5.10 Å². The van der Waals surface area contributed by atoms with Gasteiger partial charge in [-0.1, -0.05) is 24.3 Å². The maximum Gasteiger partial charge on any atom is 0.416 e. The number of pyridine rings is 1. The van der Waals surface area contributed by atoms with Crippen LogP contribution in [0.4, 0.5) is 18.3 Å². The first kappa shape index (κ1) is 21.4. The number of alkyl halides is 3. The lowest BCUT2D eigenvalue weighted by atomic mass is 10.1. The minimum absolute atomic E-state index is 0.0980. The number of hydrazone groups is 1. The molecule has 0 saturated carbocycles. The van der Waals surface area contributed by atoms with Gasteiger partial charge in [-0.05, 0) is 24.6 Å². The molecule has 0 aliphatic rings. The predicted octanol–water partition coefficient (Wildman–Crippen LogP) is 4.78. The molecular formula is C20H17F3N4O2S. The van der Waals surface area contributed by atoms with Gasteiger partial charge in [-0.25, -0.2) is 4.98 Å². The van der Waals surface area contributed by atoms with Gasteiger partial charge in [0, 0.05) is 17.1 Å². The summed E-state index contributed by atoms with van der Waals surface area (Å²) in [5.74, 6) is -0.340. The summed E-state index contributed by atoms with van der Waals surface area (Å²) in [7, 11) is 0. The van der Waals surface area contributed by atoms with Gasteiger partial charge in [0.2, 0.25) is 5.13 Å². The topological polar surface area (TPSA) is 76.5 Å². The van der Waals surface area contributed by atoms with Crippen molar-refractivity contribution in [3.05, 3.63) is 64.8 Å². The molecule has 1 N–H and O–H groups in total. The fraction of sp³-hybridized carbons (Fsp3) is 0.200. The number of nitrogens with one attached hydrogen (secondary N) is 1.